The molecule has 0 radical (unpaired) electrons. The second kappa shape index (κ2) is 6.53. The zero-order chi connectivity index (χ0) is 15.4. The number of rotatable bonds is 5. The first-order valence-electron chi connectivity index (χ1n) is 7.06. The molecule has 0 amide bonds. The Morgan fingerprint density at radius 2 is 1.67 bits per heavy atom. The highest BCUT2D eigenvalue weighted by atomic mass is 16.5. The third kappa shape index (κ3) is 3.30. The molecule has 0 aliphatic heterocycles. The van der Waals surface area contributed by atoms with E-state index in [2.05, 4.69) is 13.0 Å². The molecule has 2 aromatic rings. The number of hydrogen-bond acceptors (Lipinski definition) is 3. The molecule has 0 aromatic heterocycles. The molecule has 1 unspecified atom stereocenters. The second-order valence-electron chi connectivity index (χ2n) is 5.29. The fraction of sp³-hybridized carbons (Fsp3) is 0.333. The molecule has 2 aromatic carbocycles. The van der Waals surface area contributed by atoms with Crippen LogP contribution in [0.5, 0.6) is 17.2 Å². The lowest BCUT2D eigenvalue weighted by molar-refractivity contribution is 0.383. The normalized spacial score (nSPS) is 12.0. The summed E-state index contributed by atoms with van der Waals surface area (Å²) in [6, 6.07) is 11.6. The van der Waals surface area contributed by atoms with Crippen molar-refractivity contribution in [1.29, 1.82) is 0 Å². The number of hydrogen-bond donors (Lipinski definition) is 1. The average Bonchev–Trinajstić information content (AvgIpc) is 2.50. The van der Waals surface area contributed by atoms with Gasteiger partial charge in [0, 0.05) is 5.56 Å². The minimum absolute atomic E-state index is 0.252. The molecule has 2 rings (SSSR count). The monoisotopic (exact) mass is 286 g/mol. The summed E-state index contributed by atoms with van der Waals surface area (Å²) in [6.07, 6.45) is 0.787. The molecule has 1 atom stereocenters. The lowest BCUT2D eigenvalue weighted by Gasteiger charge is -2.18. The van der Waals surface area contributed by atoms with Crippen molar-refractivity contribution in [2.45, 2.75) is 26.2 Å². The summed E-state index contributed by atoms with van der Waals surface area (Å²) in [6.45, 7) is 4.03. The number of aromatic hydroxyl groups is 1. The summed E-state index contributed by atoms with van der Waals surface area (Å²) in [7, 11) is 3.33. The van der Waals surface area contributed by atoms with Crippen molar-refractivity contribution in [3.63, 3.8) is 0 Å². The quantitative estimate of drug-likeness (QED) is 0.900. The van der Waals surface area contributed by atoms with Gasteiger partial charge < -0.3 is 14.6 Å². The highest BCUT2D eigenvalue weighted by molar-refractivity contribution is 5.46. The molecule has 0 saturated carbocycles. The van der Waals surface area contributed by atoms with Gasteiger partial charge >= 0.3 is 0 Å². The standard InChI is InChI=1S/C18H22O3/c1-12-8-9-14(11-16(12)19)13(2)10-15-17(20-3)6-5-7-18(15)21-4/h5-9,11,13,19H,10H2,1-4H3. The summed E-state index contributed by atoms with van der Waals surface area (Å²) < 4.78 is 10.9. The minimum Gasteiger partial charge on any atom is -0.508 e. The summed E-state index contributed by atoms with van der Waals surface area (Å²) in [4.78, 5) is 0. The molecule has 112 valence electrons. The van der Waals surface area contributed by atoms with Crippen LogP contribution in [0.2, 0.25) is 0 Å². The van der Waals surface area contributed by atoms with Crippen LogP contribution in [0.1, 0.15) is 29.5 Å². The Kier molecular flexibility index (Phi) is 4.73. The van der Waals surface area contributed by atoms with Crippen molar-refractivity contribution in [1.82, 2.24) is 0 Å². The molecule has 0 saturated heterocycles. The van der Waals surface area contributed by atoms with Crippen LogP contribution in [0.4, 0.5) is 0 Å². The van der Waals surface area contributed by atoms with Gasteiger partial charge in [0.05, 0.1) is 14.2 Å². The van der Waals surface area contributed by atoms with Crippen molar-refractivity contribution in [2.75, 3.05) is 14.2 Å². The molecule has 3 heteroatoms. The van der Waals surface area contributed by atoms with Crippen LogP contribution in [0.25, 0.3) is 0 Å². The number of aryl methyl sites for hydroxylation is 1. The molecule has 3 nitrogen and oxygen atoms in total. The number of methoxy groups -OCH3 is 2. The maximum Gasteiger partial charge on any atom is 0.125 e. The van der Waals surface area contributed by atoms with Gasteiger partial charge in [-0.1, -0.05) is 25.1 Å². The van der Waals surface area contributed by atoms with Crippen LogP contribution in [-0.2, 0) is 6.42 Å². The third-order valence-electron chi connectivity index (χ3n) is 3.84. The summed E-state index contributed by atoms with van der Waals surface area (Å²) in [5.41, 5.74) is 3.04. The van der Waals surface area contributed by atoms with E-state index in [0.29, 0.717) is 5.75 Å². The first-order valence-corrected chi connectivity index (χ1v) is 7.06. The summed E-state index contributed by atoms with van der Waals surface area (Å²) in [5.74, 6) is 2.25. The van der Waals surface area contributed by atoms with Gasteiger partial charge in [0.1, 0.15) is 17.2 Å². The van der Waals surface area contributed by atoms with Crippen LogP contribution >= 0.6 is 0 Å². The maximum atomic E-state index is 9.87. The molecular weight excluding hydrogens is 264 g/mol. The smallest absolute Gasteiger partial charge is 0.125 e. The number of phenolic OH excluding ortho intramolecular Hbond substituents is 1. The SMILES string of the molecule is COc1cccc(OC)c1CC(C)c1ccc(C)c(O)c1. The molecule has 0 fully saturated rings. The van der Waals surface area contributed by atoms with E-state index in [-0.39, 0.29) is 5.92 Å². The Morgan fingerprint density at radius 3 is 2.19 bits per heavy atom. The maximum absolute atomic E-state index is 9.87. The zero-order valence-electron chi connectivity index (χ0n) is 13.0. The Balaban J connectivity index is 2.30. The van der Waals surface area contributed by atoms with E-state index in [1.165, 1.54) is 0 Å². The largest absolute Gasteiger partial charge is 0.508 e. The van der Waals surface area contributed by atoms with E-state index < -0.39 is 0 Å². The van der Waals surface area contributed by atoms with Gasteiger partial charge in [0.2, 0.25) is 0 Å². The van der Waals surface area contributed by atoms with Crippen LogP contribution < -0.4 is 9.47 Å². The molecule has 0 spiro atoms. The van der Waals surface area contributed by atoms with Gasteiger partial charge in [-0.2, -0.15) is 0 Å². The lowest BCUT2D eigenvalue weighted by Crippen LogP contribution is -2.03. The summed E-state index contributed by atoms with van der Waals surface area (Å²) in [5, 5.41) is 9.87. The number of benzene rings is 2. The Labute approximate surface area is 126 Å². The third-order valence-corrected chi connectivity index (χ3v) is 3.84. The minimum atomic E-state index is 0.252. The summed E-state index contributed by atoms with van der Waals surface area (Å²) >= 11 is 0. The molecule has 1 N–H and O–H groups in total. The Morgan fingerprint density at radius 1 is 1.05 bits per heavy atom. The van der Waals surface area contributed by atoms with Crippen molar-refractivity contribution in [2.24, 2.45) is 0 Å². The second-order valence-corrected chi connectivity index (χ2v) is 5.29. The van der Waals surface area contributed by atoms with Crippen molar-refractivity contribution in [3.05, 3.63) is 53.1 Å². The molecular formula is C18H22O3. The van der Waals surface area contributed by atoms with Crippen molar-refractivity contribution < 1.29 is 14.6 Å². The molecule has 0 aliphatic carbocycles. The van der Waals surface area contributed by atoms with Crippen LogP contribution in [0, 0.1) is 6.92 Å². The van der Waals surface area contributed by atoms with Crippen LogP contribution in [0.3, 0.4) is 0 Å². The van der Waals surface area contributed by atoms with E-state index in [9.17, 15) is 5.11 Å². The number of ether oxygens (including phenoxy) is 2. The van der Waals surface area contributed by atoms with Crippen molar-refractivity contribution >= 4 is 0 Å². The average molecular weight is 286 g/mol. The highest BCUT2D eigenvalue weighted by Crippen LogP contribution is 2.34. The fourth-order valence-electron chi connectivity index (χ4n) is 2.49. The Hall–Kier alpha value is -2.16. The Bertz CT molecular complexity index is 598. The van der Waals surface area contributed by atoms with Gasteiger partial charge in [0.15, 0.2) is 0 Å². The van der Waals surface area contributed by atoms with E-state index in [0.717, 1.165) is 34.6 Å². The van der Waals surface area contributed by atoms with Gasteiger partial charge in [-0.25, -0.2) is 0 Å². The van der Waals surface area contributed by atoms with Gasteiger partial charge in [0.25, 0.3) is 0 Å². The first kappa shape index (κ1) is 15.2. The highest BCUT2D eigenvalue weighted by Gasteiger charge is 2.15. The number of phenols is 1. The van der Waals surface area contributed by atoms with Gasteiger partial charge in [-0.05, 0) is 48.6 Å². The topological polar surface area (TPSA) is 38.7 Å². The molecule has 0 aliphatic rings. The zero-order valence-corrected chi connectivity index (χ0v) is 13.0. The van der Waals surface area contributed by atoms with E-state index >= 15 is 0 Å². The van der Waals surface area contributed by atoms with E-state index in [1.807, 2.05) is 37.3 Å². The lowest BCUT2D eigenvalue weighted by atomic mass is 9.92. The van der Waals surface area contributed by atoms with E-state index in [4.69, 9.17) is 9.47 Å². The predicted molar refractivity (Wildman–Crippen MR) is 84.5 cm³/mol. The molecule has 0 heterocycles. The van der Waals surface area contributed by atoms with Crippen molar-refractivity contribution in [3.8, 4) is 17.2 Å². The molecule has 0 bridgehead atoms. The fourth-order valence-corrected chi connectivity index (χ4v) is 2.49. The van der Waals surface area contributed by atoms with Crippen LogP contribution in [-0.4, -0.2) is 19.3 Å². The predicted octanol–water partition coefficient (Wildman–Crippen LogP) is 4.06. The van der Waals surface area contributed by atoms with Gasteiger partial charge in [-0.15, -0.1) is 0 Å². The van der Waals surface area contributed by atoms with Gasteiger partial charge in [-0.3, -0.25) is 0 Å². The van der Waals surface area contributed by atoms with Crippen LogP contribution in [0.15, 0.2) is 36.4 Å². The first-order chi connectivity index (χ1) is 10.1. The molecule has 21 heavy (non-hydrogen) atoms. The van der Waals surface area contributed by atoms with E-state index in [1.54, 1.807) is 14.2 Å².